The van der Waals surface area contributed by atoms with E-state index >= 15 is 0 Å². The molecule has 0 spiro atoms. The largest absolute Gasteiger partial charge is 0.399 e. The number of aryl methyl sites for hydroxylation is 1. The van der Waals surface area contributed by atoms with Crippen LogP contribution in [0.25, 0.3) is 10.9 Å². The molecule has 0 atom stereocenters. The highest BCUT2D eigenvalue weighted by Crippen LogP contribution is 2.19. The van der Waals surface area contributed by atoms with Crippen molar-refractivity contribution in [2.45, 2.75) is 38.6 Å². The van der Waals surface area contributed by atoms with Crippen LogP contribution in [0.15, 0.2) is 29.1 Å². The number of hydrogen-bond donors (Lipinski definition) is 2. The fourth-order valence-electron chi connectivity index (χ4n) is 2.97. The van der Waals surface area contributed by atoms with E-state index in [0.717, 1.165) is 31.1 Å². The van der Waals surface area contributed by atoms with Gasteiger partial charge < -0.3 is 11.1 Å². The van der Waals surface area contributed by atoms with Gasteiger partial charge in [0.05, 0.1) is 5.52 Å². The number of hydrogen-bond acceptors (Lipinski definition) is 3. The summed E-state index contributed by atoms with van der Waals surface area (Å²) in [5.74, 6) is 0. The zero-order valence-corrected chi connectivity index (χ0v) is 12.1. The number of benzene rings is 1. The highest BCUT2D eigenvalue weighted by atomic mass is 16.2. The van der Waals surface area contributed by atoms with Gasteiger partial charge in [0.2, 0.25) is 0 Å². The number of anilines is 1. The third-order valence-corrected chi connectivity index (χ3v) is 4.09. The predicted octanol–water partition coefficient (Wildman–Crippen LogP) is 2.39. The van der Waals surface area contributed by atoms with Crippen molar-refractivity contribution in [3.63, 3.8) is 0 Å². The Balaban J connectivity index is 2.10. The van der Waals surface area contributed by atoms with E-state index in [1.54, 1.807) is 25.1 Å². The normalized spacial score (nSPS) is 15.5. The molecule has 1 fully saturated rings. The number of aromatic nitrogens is 1. The Hall–Kier alpha value is -2.30. The van der Waals surface area contributed by atoms with Crippen molar-refractivity contribution < 1.29 is 4.79 Å². The smallest absolute Gasteiger partial charge is 0.329 e. The second-order valence-corrected chi connectivity index (χ2v) is 5.72. The molecular weight excluding hydrogens is 266 g/mol. The van der Waals surface area contributed by atoms with Crippen molar-refractivity contribution >= 4 is 22.6 Å². The molecule has 1 amide bonds. The summed E-state index contributed by atoms with van der Waals surface area (Å²) in [4.78, 5) is 24.9. The second kappa shape index (κ2) is 5.24. The van der Waals surface area contributed by atoms with Crippen LogP contribution in [0.1, 0.15) is 31.2 Å². The minimum atomic E-state index is -0.355. The number of amides is 1. The van der Waals surface area contributed by atoms with Crippen LogP contribution in [0.2, 0.25) is 0 Å². The van der Waals surface area contributed by atoms with Crippen LogP contribution in [0.5, 0.6) is 0 Å². The molecule has 1 aliphatic rings. The number of nitrogens with two attached hydrogens (primary N) is 1. The summed E-state index contributed by atoms with van der Waals surface area (Å²) in [5.41, 5.74) is 7.15. The summed E-state index contributed by atoms with van der Waals surface area (Å²) in [7, 11) is 0. The molecule has 3 rings (SSSR count). The fourth-order valence-corrected chi connectivity index (χ4v) is 2.97. The summed E-state index contributed by atoms with van der Waals surface area (Å²) >= 11 is 0. The lowest BCUT2D eigenvalue weighted by atomic mass is 10.1. The molecule has 0 aliphatic heterocycles. The molecule has 1 aromatic heterocycles. The highest BCUT2D eigenvalue weighted by molar-refractivity contribution is 5.92. The predicted molar refractivity (Wildman–Crippen MR) is 83.5 cm³/mol. The maximum Gasteiger partial charge on any atom is 0.329 e. The standard InChI is InChI=1S/C16H19N3O2/c1-10-8-11-6-7-12(17)9-14(11)19(15(10)20)16(21)18-13-4-2-3-5-13/h6-9,13H,2-5,17H2,1H3,(H,18,21). The first-order chi connectivity index (χ1) is 10.1. The van der Waals surface area contributed by atoms with Crippen LogP contribution in [0.3, 0.4) is 0 Å². The minimum absolute atomic E-state index is 0.168. The zero-order valence-electron chi connectivity index (χ0n) is 12.1. The highest BCUT2D eigenvalue weighted by Gasteiger charge is 2.20. The van der Waals surface area contributed by atoms with E-state index in [0.29, 0.717) is 16.8 Å². The van der Waals surface area contributed by atoms with Crippen molar-refractivity contribution in [3.05, 3.63) is 40.2 Å². The van der Waals surface area contributed by atoms with E-state index in [9.17, 15) is 9.59 Å². The Labute approximate surface area is 122 Å². The SMILES string of the molecule is Cc1cc2ccc(N)cc2n(C(=O)NC2CCCC2)c1=O. The Morgan fingerprint density at radius 1 is 1.29 bits per heavy atom. The number of carbonyl (C=O) groups excluding carboxylic acids is 1. The molecule has 0 unspecified atom stereocenters. The molecule has 5 nitrogen and oxygen atoms in total. The van der Waals surface area contributed by atoms with Gasteiger partial charge in [0.15, 0.2) is 0 Å². The van der Waals surface area contributed by atoms with Crippen molar-refractivity contribution in [2.75, 3.05) is 5.73 Å². The first-order valence-corrected chi connectivity index (χ1v) is 7.29. The molecule has 0 saturated heterocycles. The monoisotopic (exact) mass is 285 g/mol. The van der Waals surface area contributed by atoms with Gasteiger partial charge in [-0.05, 0) is 43.4 Å². The van der Waals surface area contributed by atoms with Crippen molar-refractivity contribution in [1.82, 2.24) is 9.88 Å². The average Bonchev–Trinajstić information content (AvgIpc) is 2.93. The summed E-state index contributed by atoms with van der Waals surface area (Å²) in [6.07, 6.45) is 4.21. The van der Waals surface area contributed by atoms with Crippen molar-refractivity contribution in [3.8, 4) is 0 Å². The maximum absolute atomic E-state index is 12.5. The van der Waals surface area contributed by atoms with Gasteiger partial charge in [-0.3, -0.25) is 4.79 Å². The van der Waals surface area contributed by atoms with Crippen LogP contribution in [0.4, 0.5) is 10.5 Å². The van der Waals surface area contributed by atoms with Crippen LogP contribution in [0, 0.1) is 6.92 Å². The van der Waals surface area contributed by atoms with Crippen LogP contribution < -0.4 is 16.6 Å². The van der Waals surface area contributed by atoms with E-state index in [1.165, 1.54) is 4.57 Å². The van der Waals surface area contributed by atoms with Crippen molar-refractivity contribution in [1.29, 1.82) is 0 Å². The van der Waals surface area contributed by atoms with Gasteiger partial charge in [0.25, 0.3) is 5.56 Å². The number of rotatable bonds is 1. The Morgan fingerprint density at radius 2 is 2.00 bits per heavy atom. The van der Waals surface area contributed by atoms with Crippen LogP contribution >= 0.6 is 0 Å². The molecular formula is C16H19N3O2. The summed E-state index contributed by atoms with van der Waals surface area (Å²) < 4.78 is 1.21. The first kappa shape index (κ1) is 13.7. The molecule has 3 N–H and O–H groups in total. The fraction of sp³-hybridized carbons (Fsp3) is 0.375. The summed E-state index contributed by atoms with van der Waals surface area (Å²) in [6, 6.07) is 6.87. The van der Waals surface area contributed by atoms with E-state index in [2.05, 4.69) is 5.32 Å². The van der Waals surface area contributed by atoms with Gasteiger partial charge >= 0.3 is 6.03 Å². The second-order valence-electron chi connectivity index (χ2n) is 5.72. The van der Waals surface area contributed by atoms with E-state index in [1.807, 2.05) is 6.07 Å². The Morgan fingerprint density at radius 3 is 2.71 bits per heavy atom. The van der Waals surface area contributed by atoms with E-state index in [-0.39, 0.29) is 17.6 Å². The van der Waals surface area contributed by atoms with Crippen molar-refractivity contribution in [2.24, 2.45) is 0 Å². The number of carbonyl (C=O) groups is 1. The molecule has 5 heteroatoms. The molecule has 1 aromatic carbocycles. The van der Waals surface area contributed by atoms with Gasteiger partial charge in [-0.25, -0.2) is 9.36 Å². The average molecular weight is 285 g/mol. The molecule has 0 radical (unpaired) electrons. The first-order valence-electron chi connectivity index (χ1n) is 7.29. The molecule has 110 valence electrons. The Bertz CT molecular complexity index is 758. The molecule has 1 heterocycles. The third kappa shape index (κ3) is 2.51. The minimum Gasteiger partial charge on any atom is -0.399 e. The maximum atomic E-state index is 12.5. The van der Waals surface area contributed by atoms with Gasteiger partial charge in [-0.2, -0.15) is 0 Å². The van der Waals surface area contributed by atoms with Gasteiger partial charge in [0, 0.05) is 17.3 Å². The topological polar surface area (TPSA) is 77.1 Å². The molecule has 2 aromatic rings. The van der Waals surface area contributed by atoms with Gasteiger partial charge in [-0.15, -0.1) is 0 Å². The lowest BCUT2D eigenvalue weighted by Crippen LogP contribution is -2.41. The lowest BCUT2D eigenvalue weighted by molar-refractivity contribution is 0.238. The number of nitrogen functional groups attached to an aromatic ring is 1. The molecule has 21 heavy (non-hydrogen) atoms. The van der Waals surface area contributed by atoms with Gasteiger partial charge in [0.1, 0.15) is 0 Å². The van der Waals surface area contributed by atoms with Gasteiger partial charge in [-0.1, -0.05) is 18.9 Å². The lowest BCUT2D eigenvalue weighted by Gasteiger charge is -2.15. The van der Waals surface area contributed by atoms with Crippen LogP contribution in [-0.2, 0) is 0 Å². The number of fused-ring (bicyclic) bond motifs is 1. The van der Waals surface area contributed by atoms with E-state index in [4.69, 9.17) is 5.73 Å². The Kier molecular flexibility index (Phi) is 3.41. The quantitative estimate of drug-likeness (QED) is 0.790. The summed E-state index contributed by atoms with van der Waals surface area (Å²) in [5, 5.41) is 3.79. The number of nitrogens with zero attached hydrogens (tertiary/aromatic N) is 1. The molecule has 0 bridgehead atoms. The zero-order chi connectivity index (χ0) is 15.0. The molecule has 1 aliphatic carbocycles. The number of pyridine rings is 1. The molecule has 1 saturated carbocycles. The van der Waals surface area contributed by atoms with E-state index < -0.39 is 0 Å². The third-order valence-electron chi connectivity index (χ3n) is 4.09. The van der Waals surface area contributed by atoms with Crippen LogP contribution in [-0.4, -0.2) is 16.6 Å². The summed E-state index contributed by atoms with van der Waals surface area (Å²) in [6.45, 7) is 1.72. The number of nitrogens with one attached hydrogen (secondary N) is 1.